The monoisotopic (exact) mass is 238 g/mol. The molecule has 0 amide bonds. The maximum Gasteiger partial charge on any atom is 2.00 e. The van der Waals surface area contributed by atoms with E-state index in [0.29, 0.717) is 0 Å². The predicted molar refractivity (Wildman–Crippen MR) is 42.7 cm³/mol. The van der Waals surface area contributed by atoms with Crippen molar-refractivity contribution in [2.45, 2.75) is 0 Å². The minimum absolute atomic E-state index is 0. The summed E-state index contributed by atoms with van der Waals surface area (Å²) in [7, 11) is -10.2. The fourth-order valence-corrected chi connectivity index (χ4v) is 1.10. The molecule has 12 heteroatoms. The van der Waals surface area contributed by atoms with E-state index < -0.39 is 18.2 Å². The van der Waals surface area contributed by atoms with E-state index in [2.05, 4.69) is 3.97 Å². The molecule has 0 bridgehead atoms. The van der Waals surface area contributed by atoms with Crippen LogP contribution in [-0.2, 0) is 18.9 Å². The van der Waals surface area contributed by atoms with Gasteiger partial charge in [-0.1, -0.05) is 0 Å². The molecule has 0 atom stereocenters. The Balaban J connectivity index is -0.0000000320. The Morgan fingerprint density at radius 3 is 1.50 bits per heavy atom. The van der Waals surface area contributed by atoms with Gasteiger partial charge in [-0.15, -0.1) is 3.97 Å². The maximum atomic E-state index is 9.58. The summed E-state index contributed by atoms with van der Waals surface area (Å²) in [5.74, 6) is 0. The van der Waals surface area contributed by atoms with Gasteiger partial charge in [0, 0.05) is 0 Å². The van der Waals surface area contributed by atoms with Gasteiger partial charge in [0.2, 0.25) is 0 Å². The molecule has 0 radical (unpaired) electrons. The van der Waals surface area contributed by atoms with Crippen LogP contribution < -0.4 is 12.3 Å². The van der Waals surface area contributed by atoms with Crippen molar-refractivity contribution in [3.05, 3.63) is 0 Å². The van der Waals surface area contributed by atoms with Gasteiger partial charge in [-0.3, -0.25) is 4.55 Å². The van der Waals surface area contributed by atoms with Gasteiger partial charge < -0.3 is 24.9 Å². The SMILES string of the molecule is N.N.O=P(O)(O)OS(=O)(=O)O.[H-].[H-].[Mg+2]. The molecule has 0 aromatic rings. The summed E-state index contributed by atoms with van der Waals surface area (Å²) in [4.78, 5) is 15.4. The van der Waals surface area contributed by atoms with Crippen molar-refractivity contribution in [2.75, 3.05) is 0 Å². The molecular weight excluding hydrogens is 227 g/mol. The summed E-state index contributed by atoms with van der Waals surface area (Å²) >= 11 is 0. The summed E-state index contributed by atoms with van der Waals surface area (Å²) in [5.41, 5.74) is 0. The summed E-state index contributed by atoms with van der Waals surface area (Å²) < 4.78 is 39.0. The van der Waals surface area contributed by atoms with Crippen molar-refractivity contribution >= 4 is 41.3 Å². The van der Waals surface area contributed by atoms with Gasteiger partial charge in [-0.05, 0) is 0 Å². The zero-order chi connectivity index (χ0) is 7.71. The minimum Gasteiger partial charge on any atom is -1.00 e. The molecule has 0 spiro atoms. The van der Waals surface area contributed by atoms with E-state index in [1.807, 2.05) is 0 Å². The second-order valence-corrected chi connectivity index (χ2v) is 3.43. The molecule has 0 aromatic heterocycles. The number of hydrogen-bond acceptors (Lipinski definition) is 6. The van der Waals surface area contributed by atoms with E-state index in [4.69, 9.17) is 14.3 Å². The molecule has 0 rings (SSSR count). The molecule has 0 heterocycles. The van der Waals surface area contributed by atoms with Crippen LogP contribution in [0.4, 0.5) is 0 Å². The Morgan fingerprint density at radius 1 is 1.25 bits per heavy atom. The number of hydrogen-bond donors (Lipinski definition) is 5. The molecule has 0 aliphatic rings. The van der Waals surface area contributed by atoms with E-state index in [-0.39, 0.29) is 38.2 Å². The van der Waals surface area contributed by atoms with E-state index in [1.54, 1.807) is 0 Å². The molecular formula is H11MgN2O7PS. The average Bonchev–Trinajstić information content (AvgIpc) is 1.14. The summed E-state index contributed by atoms with van der Waals surface area (Å²) in [6, 6.07) is 0. The van der Waals surface area contributed by atoms with Gasteiger partial charge in [0.1, 0.15) is 0 Å². The Hall–Kier alpha value is 0.706. The Morgan fingerprint density at radius 2 is 1.50 bits per heavy atom. The van der Waals surface area contributed by atoms with Gasteiger partial charge in [-0.2, -0.15) is 8.42 Å². The molecule has 76 valence electrons. The predicted octanol–water partition coefficient (Wildman–Crippen LogP) is -0.933. The molecule has 0 saturated heterocycles. The zero-order valence-corrected chi connectivity index (χ0v) is 9.08. The van der Waals surface area contributed by atoms with Gasteiger partial charge in [0.05, 0.1) is 0 Å². The van der Waals surface area contributed by atoms with Crippen LogP contribution in [0.1, 0.15) is 2.85 Å². The third-order valence-electron chi connectivity index (χ3n) is 0.191. The van der Waals surface area contributed by atoms with E-state index in [9.17, 15) is 13.0 Å². The normalized spacial score (nSPS) is 10.2. The van der Waals surface area contributed by atoms with E-state index >= 15 is 0 Å². The smallest absolute Gasteiger partial charge is 1.00 e. The second kappa shape index (κ2) is 7.14. The average molecular weight is 238 g/mol. The van der Waals surface area contributed by atoms with Crippen LogP contribution >= 0.6 is 7.82 Å². The van der Waals surface area contributed by atoms with Crippen LogP contribution in [0, 0.1) is 0 Å². The molecule has 0 aliphatic heterocycles. The Bertz CT molecular complexity index is 236. The van der Waals surface area contributed by atoms with Crippen molar-refractivity contribution in [2.24, 2.45) is 0 Å². The second-order valence-electron chi connectivity index (χ2n) is 0.993. The summed E-state index contributed by atoms with van der Waals surface area (Å²) in [5, 5.41) is 0. The standard InChI is InChI=1S/Mg.2H3N.H3O7PS.2H/c;;;1-8(2,3)7-9(4,5)6;;/h;2*1H3;(H2,1,2,3)(H,4,5,6);;/q+2;;;;2*-1. The Kier molecular flexibility index (Phi) is 13.7. The largest absolute Gasteiger partial charge is 2.00 e. The summed E-state index contributed by atoms with van der Waals surface area (Å²) in [6.45, 7) is 0. The van der Waals surface area contributed by atoms with Crippen molar-refractivity contribution < 1.29 is 34.1 Å². The van der Waals surface area contributed by atoms with Crippen LogP contribution in [0.3, 0.4) is 0 Å². The first-order chi connectivity index (χ1) is 3.71. The first-order valence-electron chi connectivity index (χ1n) is 1.45. The van der Waals surface area contributed by atoms with Gasteiger partial charge in [-0.25, -0.2) is 4.57 Å². The van der Waals surface area contributed by atoms with Gasteiger partial charge >= 0.3 is 41.3 Å². The zero-order valence-electron chi connectivity index (χ0n) is 7.95. The quantitative estimate of drug-likeness (QED) is 0.229. The molecule has 9 N–H and O–H groups in total. The fourth-order valence-electron chi connectivity index (χ4n) is 0.123. The molecule has 0 unspecified atom stereocenters. The summed E-state index contributed by atoms with van der Waals surface area (Å²) in [6.07, 6.45) is 0. The first kappa shape index (κ1) is 23.0. The molecule has 0 saturated carbocycles. The third kappa shape index (κ3) is 22.4. The number of rotatable bonds is 2. The first-order valence-corrected chi connectivity index (χ1v) is 4.34. The van der Waals surface area contributed by atoms with Crippen molar-refractivity contribution in [3.63, 3.8) is 0 Å². The Labute approximate surface area is 88.0 Å². The molecule has 0 fully saturated rings. The molecule has 0 aromatic carbocycles. The van der Waals surface area contributed by atoms with E-state index in [0.717, 1.165) is 0 Å². The molecule has 9 nitrogen and oxygen atoms in total. The third-order valence-corrected chi connectivity index (χ3v) is 1.72. The topological polar surface area (TPSA) is 191 Å². The van der Waals surface area contributed by atoms with Crippen LogP contribution in [0.25, 0.3) is 0 Å². The van der Waals surface area contributed by atoms with Crippen molar-refractivity contribution in [3.8, 4) is 0 Å². The van der Waals surface area contributed by atoms with E-state index in [1.165, 1.54) is 0 Å². The molecule has 0 aliphatic carbocycles. The molecule has 12 heavy (non-hydrogen) atoms. The van der Waals surface area contributed by atoms with Crippen LogP contribution in [0.5, 0.6) is 0 Å². The van der Waals surface area contributed by atoms with Gasteiger partial charge in [0.15, 0.2) is 0 Å². The number of phosphoric acid groups is 1. The van der Waals surface area contributed by atoms with Crippen LogP contribution in [0.2, 0.25) is 0 Å². The van der Waals surface area contributed by atoms with Gasteiger partial charge in [0.25, 0.3) is 0 Å². The van der Waals surface area contributed by atoms with Crippen LogP contribution in [-0.4, -0.2) is 45.8 Å². The van der Waals surface area contributed by atoms with Crippen LogP contribution in [0.15, 0.2) is 0 Å². The van der Waals surface area contributed by atoms with Crippen molar-refractivity contribution in [1.82, 2.24) is 12.3 Å². The maximum absolute atomic E-state index is 9.58. The minimum atomic E-state index is -5.13. The van der Waals surface area contributed by atoms with Crippen molar-refractivity contribution in [1.29, 1.82) is 0 Å². The fraction of sp³-hybridized carbons (Fsp3) is 0.